The van der Waals surface area contributed by atoms with Gasteiger partial charge in [0.2, 0.25) is 0 Å². The van der Waals surface area contributed by atoms with E-state index in [4.69, 9.17) is 10.2 Å². The minimum Gasteiger partial charge on any atom is -0.460 e. The molecular formula is C11H10INO. The van der Waals surface area contributed by atoms with Gasteiger partial charge in [0.15, 0.2) is 0 Å². The molecule has 14 heavy (non-hydrogen) atoms. The van der Waals surface area contributed by atoms with Gasteiger partial charge < -0.3 is 10.2 Å². The van der Waals surface area contributed by atoms with E-state index >= 15 is 0 Å². The van der Waals surface area contributed by atoms with Crippen LogP contribution in [0.5, 0.6) is 0 Å². The molecule has 1 fully saturated rings. The summed E-state index contributed by atoms with van der Waals surface area (Å²) in [7, 11) is 0. The Morgan fingerprint density at radius 2 is 2.07 bits per heavy atom. The molecule has 0 amide bonds. The number of anilines is 1. The summed E-state index contributed by atoms with van der Waals surface area (Å²) in [6.07, 6.45) is 2.54. The molecule has 0 spiro atoms. The first-order chi connectivity index (χ1) is 6.74. The Morgan fingerprint density at radius 3 is 2.79 bits per heavy atom. The van der Waals surface area contributed by atoms with Gasteiger partial charge in [-0.2, -0.15) is 0 Å². The van der Waals surface area contributed by atoms with Gasteiger partial charge >= 0.3 is 0 Å². The first-order valence-corrected chi connectivity index (χ1v) is 5.80. The van der Waals surface area contributed by atoms with Crippen molar-refractivity contribution in [2.24, 2.45) is 0 Å². The van der Waals surface area contributed by atoms with Crippen LogP contribution in [0.25, 0.3) is 11.0 Å². The fourth-order valence-electron chi connectivity index (χ4n) is 1.72. The minimum atomic E-state index is 0.666. The Kier molecular flexibility index (Phi) is 1.77. The second-order valence-electron chi connectivity index (χ2n) is 3.84. The van der Waals surface area contributed by atoms with Crippen LogP contribution in [0.3, 0.4) is 0 Å². The van der Waals surface area contributed by atoms with Crippen LogP contribution in [0.1, 0.15) is 24.5 Å². The number of nitrogens with two attached hydrogens (primary N) is 1. The zero-order chi connectivity index (χ0) is 9.71. The zero-order valence-electron chi connectivity index (χ0n) is 7.59. The van der Waals surface area contributed by atoms with Gasteiger partial charge in [-0.1, -0.05) is 0 Å². The van der Waals surface area contributed by atoms with Crippen molar-refractivity contribution in [1.82, 2.24) is 0 Å². The number of furan rings is 1. The summed E-state index contributed by atoms with van der Waals surface area (Å²) in [6.45, 7) is 0. The molecule has 2 N–H and O–H groups in total. The van der Waals surface area contributed by atoms with Gasteiger partial charge in [0.25, 0.3) is 0 Å². The van der Waals surface area contributed by atoms with Crippen LogP contribution in [-0.4, -0.2) is 0 Å². The topological polar surface area (TPSA) is 39.2 Å². The van der Waals surface area contributed by atoms with E-state index in [2.05, 4.69) is 28.7 Å². The van der Waals surface area contributed by atoms with E-state index in [9.17, 15) is 0 Å². The number of halogens is 1. The van der Waals surface area contributed by atoms with E-state index in [1.54, 1.807) is 0 Å². The molecule has 2 nitrogen and oxygen atoms in total. The Morgan fingerprint density at radius 1 is 1.29 bits per heavy atom. The molecule has 0 saturated heterocycles. The molecule has 0 radical (unpaired) electrons. The van der Waals surface area contributed by atoms with Gasteiger partial charge in [-0.05, 0) is 53.6 Å². The van der Waals surface area contributed by atoms with E-state index in [1.807, 2.05) is 12.1 Å². The van der Waals surface area contributed by atoms with E-state index in [1.165, 1.54) is 12.8 Å². The van der Waals surface area contributed by atoms with Crippen molar-refractivity contribution < 1.29 is 4.42 Å². The van der Waals surface area contributed by atoms with Crippen molar-refractivity contribution in [3.63, 3.8) is 0 Å². The third-order valence-corrected chi connectivity index (χ3v) is 3.39. The van der Waals surface area contributed by atoms with Crippen LogP contribution in [-0.2, 0) is 0 Å². The molecule has 1 saturated carbocycles. The SMILES string of the molecule is Nc1cc(I)c2oc(C3CC3)cc2c1. The van der Waals surface area contributed by atoms with E-state index in [-0.39, 0.29) is 0 Å². The Labute approximate surface area is 95.6 Å². The molecule has 72 valence electrons. The molecule has 1 heterocycles. The largest absolute Gasteiger partial charge is 0.460 e. The summed E-state index contributed by atoms with van der Waals surface area (Å²) in [5.41, 5.74) is 7.58. The third-order valence-electron chi connectivity index (χ3n) is 2.59. The third kappa shape index (κ3) is 1.30. The second-order valence-corrected chi connectivity index (χ2v) is 5.01. The van der Waals surface area contributed by atoms with Crippen LogP contribution in [0, 0.1) is 3.57 Å². The monoisotopic (exact) mass is 299 g/mol. The summed E-state index contributed by atoms with van der Waals surface area (Å²) in [5.74, 6) is 1.79. The summed E-state index contributed by atoms with van der Waals surface area (Å²) in [5, 5.41) is 1.14. The highest BCUT2D eigenvalue weighted by Crippen LogP contribution is 2.43. The van der Waals surface area contributed by atoms with Crippen LogP contribution in [0.15, 0.2) is 22.6 Å². The van der Waals surface area contributed by atoms with Crippen LogP contribution in [0.4, 0.5) is 5.69 Å². The van der Waals surface area contributed by atoms with Crippen molar-refractivity contribution >= 4 is 39.2 Å². The van der Waals surface area contributed by atoms with Crippen LogP contribution in [0.2, 0.25) is 0 Å². The van der Waals surface area contributed by atoms with E-state index < -0.39 is 0 Å². The first-order valence-electron chi connectivity index (χ1n) is 4.72. The van der Waals surface area contributed by atoms with Gasteiger partial charge in [-0.25, -0.2) is 0 Å². The molecule has 0 aliphatic heterocycles. The normalized spacial score (nSPS) is 16.4. The second kappa shape index (κ2) is 2.89. The number of hydrogen-bond donors (Lipinski definition) is 1. The molecule has 3 heteroatoms. The summed E-state index contributed by atoms with van der Waals surface area (Å²) < 4.78 is 6.92. The smallest absolute Gasteiger partial charge is 0.147 e. The van der Waals surface area contributed by atoms with Crippen molar-refractivity contribution in [2.75, 3.05) is 5.73 Å². The van der Waals surface area contributed by atoms with Gasteiger partial charge in [0.05, 0.1) is 3.57 Å². The zero-order valence-corrected chi connectivity index (χ0v) is 9.74. The lowest BCUT2D eigenvalue weighted by atomic mass is 10.2. The Bertz CT molecular complexity index is 499. The van der Waals surface area contributed by atoms with E-state index in [0.29, 0.717) is 5.92 Å². The molecule has 3 rings (SSSR count). The van der Waals surface area contributed by atoms with E-state index in [0.717, 1.165) is 26.0 Å². The van der Waals surface area contributed by atoms with Crippen molar-refractivity contribution in [1.29, 1.82) is 0 Å². The molecule has 2 aromatic rings. The van der Waals surface area contributed by atoms with Crippen molar-refractivity contribution in [3.8, 4) is 0 Å². The fraction of sp³-hybridized carbons (Fsp3) is 0.273. The molecule has 1 aromatic heterocycles. The first kappa shape index (κ1) is 8.59. The van der Waals surface area contributed by atoms with Crippen LogP contribution < -0.4 is 5.73 Å². The molecule has 0 unspecified atom stereocenters. The number of benzene rings is 1. The lowest BCUT2D eigenvalue weighted by Crippen LogP contribution is -1.84. The quantitative estimate of drug-likeness (QED) is 0.646. The molecular weight excluding hydrogens is 289 g/mol. The average molecular weight is 299 g/mol. The van der Waals surface area contributed by atoms with Crippen molar-refractivity contribution in [3.05, 3.63) is 27.5 Å². The standard InChI is InChI=1S/C11H10INO/c12-9-5-8(13)3-7-4-10(6-1-2-6)14-11(7)9/h3-6H,1-2,13H2. The predicted molar refractivity (Wildman–Crippen MR) is 65.3 cm³/mol. The lowest BCUT2D eigenvalue weighted by Gasteiger charge is -1.95. The number of rotatable bonds is 1. The highest BCUT2D eigenvalue weighted by Gasteiger charge is 2.27. The summed E-state index contributed by atoms with van der Waals surface area (Å²) >= 11 is 2.27. The summed E-state index contributed by atoms with van der Waals surface area (Å²) in [4.78, 5) is 0. The number of fused-ring (bicyclic) bond motifs is 1. The lowest BCUT2D eigenvalue weighted by molar-refractivity contribution is 0.551. The summed E-state index contributed by atoms with van der Waals surface area (Å²) in [6, 6.07) is 6.06. The Hall–Kier alpha value is -0.710. The van der Waals surface area contributed by atoms with Gasteiger partial charge in [0, 0.05) is 17.0 Å². The maximum atomic E-state index is 5.81. The fourth-order valence-corrected chi connectivity index (χ4v) is 2.50. The average Bonchev–Trinajstić information content (AvgIpc) is 2.87. The van der Waals surface area contributed by atoms with Crippen LogP contribution >= 0.6 is 22.6 Å². The molecule has 0 bridgehead atoms. The molecule has 1 aliphatic carbocycles. The minimum absolute atomic E-state index is 0.666. The highest BCUT2D eigenvalue weighted by molar-refractivity contribution is 14.1. The Balaban J connectivity index is 2.26. The van der Waals surface area contributed by atoms with Crippen molar-refractivity contribution in [2.45, 2.75) is 18.8 Å². The number of hydrogen-bond acceptors (Lipinski definition) is 2. The van der Waals surface area contributed by atoms with Gasteiger partial charge in [-0.15, -0.1) is 0 Å². The van der Waals surface area contributed by atoms with Gasteiger partial charge in [0.1, 0.15) is 11.3 Å². The molecule has 0 atom stereocenters. The molecule has 1 aromatic carbocycles. The predicted octanol–water partition coefficient (Wildman–Crippen LogP) is 3.50. The maximum absolute atomic E-state index is 5.81. The molecule has 1 aliphatic rings. The maximum Gasteiger partial charge on any atom is 0.147 e. The highest BCUT2D eigenvalue weighted by atomic mass is 127. The van der Waals surface area contributed by atoms with Gasteiger partial charge in [-0.3, -0.25) is 0 Å². The number of nitrogen functional groups attached to an aromatic ring is 1.